The van der Waals surface area contributed by atoms with Crippen molar-refractivity contribution in [1.29, 1.82) is 0 Å². The Bertz CT molecular complexity index is 1130. The summed E-state index contributed by atoms with van der Waals surface area (Å²) in [6.45, 7) is 3.25. The fraction of sp³-hybridized carbons (Fsp3) is 0.462. The maximum atomic E-state index is 13.6. The monoisotopic (exact) mass is 519 g/mol. The summed E-state index contributed by atoms with van der Waals surface area (Å²) in [6.07, 6.45) is 6.24. The summed E-state index contributed by atoms with van der Waals surface area (Å²) in [5.74, 6) is -0.701. The first-order chi connectivity index (χ1) is 16.6. The molecule has 0 unspecified atom stereocenters. The van der Waals surface area contributed by atoms with Crippen molar-refractivity contribution < 1.29 is 18.0 Å². The number of nitrogens with zero attached hydrogens (tertiary/aromatic N) is 2. The molecule has 1 fully saturated rings. The molecule has 1 atom stereocenters. The van der Waals surface area contributed by atoms with Gasteiger partial charge in [0, 0.05) is 17.6 Å². The molecule has 3 rings (SSSR count). The van der Waals surface area contributed by atoms with E-state index in [0.717, 1.165) is 47.4 Å². The smallest absolute Gasteiger partial charge is 0.244 e. The lowest BCUT2D eigenvalue weighted by Gasteiger charge is -2.33. The van der Waals surface area contributed by atoms with Gasteiger partial charge in [0.2, 0.25) is 21.8 Å². The molecule has 0 aliphatic heterocycles. The summed E-state index contributed by atoms with van der Waals surface area (Å²) in [7, 11) is -3.79. The third-order valence-electron chi connectivity index (χ3n) is 6.44. The Morgan fingerprint density at radius 1 is 1.09 bits per heavy atom. The number of hydrogen-bond donors (Lipinski definition) is 1. The fourth-order valence-electron chi connectivity index (χ4n) is 4.28. The van der Waals surface area contributed by atoms with Crippen molar-refractivity contribution in [1.82, 2.24) is 10.2 Å². The molecule has 0 bridgehead atoms. The zero-order chi connectivity index (χ0) is 25.6. The maximum Gasteiger partial charge on any atom is 0.244 e. The quantitative estimate of drug-likeness (QED) is 0.535. The Kier molecular flexibility index (Phi) is 9.19. The van der Waals surface area contributed by atoms with Crippen LogP contribution in [0.15, 0.2) is 48.5 Å². The average molecular weight is 520 g/mol. The van der Waals surface area contributed by atoms with Crippen molar-refractivity contribution in [2.75, 3.05) is 17.1 Å². The minimum atomic E-state index is -3.79. The predicted octanol–water partition coefficient (Wildman–Crippen LogP) is 4.28. The van der Waals surface area contributed by atoms with Crippen LogP contribution < -0.4 is 9.62 Å². The Morgan fingerprint density at radius 3 is 2.34 bits per heavy atom. The Morgan fingerprint density at radius 2 is 1.74 bits per heavy atom. The third kappa shape index (κ3) is 7.45. The van der Waals surface area contributed by atoms with Gasteiger partial charge >= 0.3 is 0 Å². The lowest BCUT2D eigenvalue weighted by Crippen LogP contribution is -2.52. The molecule has 2 aromatic rings. The summed E-state index contributed by atoms with van der Waals surface area (Å²) in [5, 5.41) is 3.49. The zero-order valence-electron chi connectivity index (χ0n) is 20.5. The van der Waals surface area contributed by atoms with Crippen LogP contribution in [-0.2, 0) is 26.2 Å². The van der Waals surface area contributed by atoms with Crippen LogP contribution >= 0.6 is 11.6 Å². The van der Waals surface area contributed by atoms with Crippen molar-refractivity contribution in [3.63, 3.8) is 0 Å². The number of halogens is 1. The zero-order valence-corrected chi connectivity index (χ0v) is 22.1. The molecule has 0 aromatic heterocycles. The van der Waals surface area contributed by atoms with E-state index in [1.165, 1.54) is 17.4 Å². The predicted molar refractivity (Wildman–Crippen MR) is 140 cm³/mol. The normalized spacial score (nSPS) is 15.3. The van der Waals surface area contributed by atoms with Gasteiger partial charge in [-0.05, 0) is 49.9 Å². The van der Waals surface area contributed by atoms with Gasteiger partial charge in [-0.25, -0.2) is 8.42 Å². The highest BCUT2D eigenvalue weighted by molar-refractivity contribution is 7.92. The van der Waals surface area contributed by atoms with Gasteiger partial charge in [0.1, 0.15) is 12.6 Å². The van der Waals surface area contributed by atoms with Crippen LogP contribution in [0.2, 0.25) is 5.02 Å². The van der Waals surface area contributed by atoms with Crippen molar-refractivity contribution in [3.8, 4) is 0 Å². The van der Waals surface area contributed by atoms with E-state index in [9.17, 15) is 18.0 Å². The number of nitrogens with one attached hydrogen (secondary N) is 1. The van der Waals surface area contributed by atoms with E-state index in [-0.39, 0.29) is 18.5 Å². The SMILES string of the molecule is Cc1ccc(N(CC(=O)N(Cc2ccccc2)[C@@H](C)C(=O)NC2CCCCC2)S(C)(=O)=O)cc1Cl. The number of benzene rings is 2. The molecule has 35 heavy (non-hydrogen) atoms. The summed E-state index contributed by atoms with van der Waals surface area (Å²) >= 11 is 6.23. The number of sulfonamides is 1. The second kappa shape index (κ2) is 11.9. The molecule has 1 N–H and O–H groups in total. The van der Waals surface area contributed by atoms with Crippen LogP contribution in [0.5, 0.6) is 0 Å². The van der Waals surface area contributed by atoms with Crippen molar-refractivity contribution in [2.24, 2.45) is 0 Å². The summed E-state index contributed by atoms with van der Waals surface area (Å²) in [5.41, 5.74) is 1.95. The highest BCUT2D eigenvalue weighted by atomic mass is 35.5. The van der Waals surface area contributed by atoms with E-state index in [4.69, 9.17) is 11.6 Å². The molecular formula is C26H34ClN3O4S. The van der Waals surface area contributed by atoms with Crippen LogP contribution in [0.3, 0.4) is 0 Å². The minimum absolute atomic E-state index is 0.106. The Balaban J connectivity index is 1.86. The van der Waals surface area contributed by atoms with E-state index in [1.807, 2.05) is 37.3 Å². The number of carbonyl (C=O) groups excluding carboxylic acids is 2. The number of rotatable bonds is 9. The van der Waals surface area contributed by atoms with E-state index in [1.54, 1.807) is 19.1 Å². The first kappa shape index (κ1) is 27.0. The number of amides is 2. The minimum Gasteiger partial charge on any atom is -0.352 e. The van der Waals surface area contributed by atoms with Crippen molar-refractivity contribution >= 4 is 39.1 Å². The molecule has 7 nitrogen and oxygen atoms in total. The van der Waals surface area contributed by atoms with Gasteiger partial charge in [0.15, 0.2) is 0 Å². The summed E-state index contributed by atoms with van der Waals surface area (Å²) in [6, 6.07) is 13.6. The Labute approximate surface area is 213 Å². The topological polar surface area (TPSA) is 86.8 Å². The molecule has 1 aliphatic rings. The van der Waals surface area contributed by atoms with Gasteiger partial charge in [-0.15, -0.1) is 0 Å². The number of carbonyl (C=O) groups is 2. The largest absolute Gasteiger partial charge is 0.352 e. The van der Waals surface area contributed by atoms with Gasteiger partial charge in [0.05, 0.1) is 11.9 Å². The lowest BCUT2D eigenvalue weighted by molar-refractivity contribution is -0.139. The van der Waals surface area contributed by atoms with Crippen LogP contribution in [0.4, 0.5) is 5.69 Å². The van der Waals surface area contributed by atoms with E-state index >= 15 is 0 Å². The highest BCUT2D eigenvalue weighted by Crippen LogP contribution is 2.25. The summed E-state index contributed by atoms with van der Waals surface area (Å²) in [4.78, 5) is 28.1. The summed E-state index contributed by atoms with van der Waals surface area (Å²) < 4.78 is 26.3. The highest BCUT2D eigenvalue weighted by Gasteiger charge is 2.31. The van der Waals surface area contributed by atoms with Gasteiger partial charge < -0.3 is 10.2 Å². The molecule has 190 valence electrons. The average Bonchev–Trinajstić information content (AvgIpc) is 2.83. The van der Waals surface area contributed by atoms with Gasteiger partial charge in [-0.2, -0.15) is 0 Å². The molecular weight excluding hydrogens is 486 g/mol. The number of hydrogen-bond acceptors (Lipinski definition) is 4. The van der Waals surface area contributed by atoms with E-state index in [2.05, 4.69) is 5.32 Å². The first-order valence-electron chi connectivity index (χ1n) is 11.9. The van der Waals surface area contributed by atoms with E-state index in [0.29, 0.717) is 10.7 Å². The molecule has 0 heterocycles. The Hall–Kier alpha value is -2.58. The van der Waals surface area contributed by atoms with Crippen molar-refractivity contribution in [2.45, 2.75) is 64.6 Å². The lowest BCUT2D eigenvalue weighted by atomic mass is 9.95. The van der Waals surface area contributed by atoms with Gasteiger partial charge in [-0.1, -0.05) is 67.3 Å². The third-order valence-corrected chi connectivity index (χ3v) is 7.98. The molecule has 0 saturated heterocycles. The molecule has 1 aliphatic carbocycles. The second-order valence-electron chi connectivity index (χ2n) is 9.23. The van der Waals surface area contributed by atoms with E-state index < -0.39 is 28.5 Å². The van der Waals surface area contributed by atoms with Gasteiger partial charge in [0.25, 0.3) is 0 Å². The van der Waals surface area contributed by atoms with Crippen LogP contribution in [0.1, 0.15) is 50.2 Å². The number of anilines is 1. The van der Waals surface area contributed by atoms with Gasteiger partial charge in [-0.3, -0.25) is 13.9 Å². The molecule has 2 aromatic carbocycles. The number of aryl methyl sites for hydroxylation is 1. The van der Waals surface area contributed by atoms with Crippen molar-refractivity contribution in [3.05, 3.63) is 64.7 Å². The van der Waals surface area contributed by atoms with Crippen LogP contribution in [0, 0.1) is 6.92 Å². The molecule has 2 amide bonds. The molecule has 9 heteroatoms. The van der Waals surface area contributed by atoms with Crippen LogP contribution in [0.25, 0.3) is 0 Å². The van der Waals surface area contributed by atoms with Crippen LogP contribution in [-0.4, -0.2) is 50.0 Å². The fourth-order valence-corrected chi connectivity index (χ4v) is 5.30. The first-order valence-corrected chi connectivity index (χ1v) is 14.2. The second-order valence-corrected chi connectivity index (χ2v) is 11.5. The maximum absolute atomic E-state index is 13.6. The standard InChI is InChI=1S/C26H34ClN3O4S/c1-19-14-15-23(16-24(19)27)30(35(3,33)34)18-25(31)29(17-21-10-6-4-7-11-21)20(2)26(32)28-22-12-8-5-9-13-22/h4,6-7,10-11,14-16,20,22H,5,8-9,12-13,17-18H2,1-3H3,(H,28,32)/t20-/m0/s1. The molecule has 0 radical (unpaired) electrons. The molecule has 0 spiro atoms. The molecule has 1 saturated carbocycles.